The zero-order valence-corrected chi connectivity index (χ0v) is 20.1. The molecule has 0 spiro atoms. The molecule has 0 saturated carbocycles. The summed E-state index contributed by atoms with van der Waals surface area (Å²) in [6.07, 6.45) is 1.02. The first-order chi connectivity index (χ1) is 15.8. The van der Waals surface area contributed by atoms with Crippen LogP contribution in [0.1, 0.15) is 39.9 Å². The van der Waals surface area contributed by atoms with Gasteiger partial charge in [-0.15, -0.1) is 21.5 Å². The van der Waals surface area contributed by atoms with Crippen molar-refractivity contribution in [3.63, 3.8) is 0 Å². The number of aliphatic imine (C=N–C) groups is 1. The van der Waals surface area contributed by atoms with Crippen molar-refractivity contribution < 1.29 is 18.7 Å². The number of hydrogen-bond acceptors (Lipinski definition) is 7. The average molecular weight is 492 g/mol. The maximum absolute atomic E-state index is 15.0. The number of hydrogen-bond donors (Lipinski definition) is 1. The first kappa shape index (κ1) is 23.5. The molecule has 33 heavy (non-hydrogen) atoms. The number of amides is 1. The van der Waals surface area contributed by atoms with E-state index in [0.29, 0.717) is 22.1 Å². The SMILES string of the molecule is COC(CNC(=O)C[C@H]1N=C(c2ccc(Cl)cc2F)c2c(sc(C)c2C)-n2cnnc21)OC. The largest absolute Gasteiger partial charge is 0.354 e. The van der Waals surface area contributed by atoms with Crippen LogP contribution in [-0.2, 0) is 14.3 Å². The van der Waals surface area contributed by atoms with Crippen LogP contribution < -0.4 is 5.32 Å². The van der Waals surface area contributed by atoms with Gasteiger partial charge in [-0.1, -0.05) is 11.6 Å². The Morgan fingerprint density at radius 3 is 2.79 bits per heavy atom. The predicted molar refractivity (Wildman–Crippen MR) is 124 cm³/mol. The molecule has 0 aliphatic carbocycles. The molecule has 1 N–H and O–H groups in total. The van der Waals surface area contributed by atoms with Crippen molar-refractivity contribution in [3.8, 4) is 5.00 Å². The Morgan fingerprint density at radius 1 is 1.33 bits per heavy atom. The van der Waals surface area contributed by atoms with Crippen LogP contribution in [0.15, 0.2) is 29.5 Å². The molecule has 1 atom stereocenters. The van der Waals surface area contributed by atoms with Crippen LogP contribution in [0.3, 0.4) is 0 Å². The molecular weight excluding hydrogens is 469 g/mol. The summed E-state index contributed by atoms with van der Waals surface area (Å²) >= 11 is 7.53. The zero-order chi connectivity index (χ0) is 23.7. The third-order valence-electron chi connectivity index (χ3n) is 5.54. The second kappa shape index (κ2) is 9.68. The van der Waals surface area contributed by atoms with Gasteiger partial charge < -0.3 is 14.8 Å². The highest BCUT2D eigenvalue weighted by Crippen LogP contribution is 2.39. The maximum atomic E-state index is 15.0. The van der Waals surface area contributed by atoms with Crippen LogP contribution in [0.4, 0.5) is 4.39 Å². The fourth-order valence-electron chi connectivity index (χ4n) is 3.69. The number of thiophene rings is 1. The molecule has 3 aromatic rings. The fraction of sp³-hybridized carbons (Fsp3) is 0.364. The number of nitrogens with one attached hydrogen (secondary N) is 1. The monoisotopic (exact) mass is 491 g/mol. The fourth-order valence-corrected chi connectivity index (χ4v) is 4.99. The minimum absolute atomic E-state index is 0.00940. The molecule has 1 aromatic carbocycles. The Hall–Kier alpha value is -2.66. The van der Waals surface area contributed by atoms with Gasteiger partial charge in [0, 0.05) is 35.2 Å². The van der Waals surface area contributed by atoms with Crippen LogP contribution in [0.2, 0.25) is 5.02 Å². The smallest absolute Gasteiger partial charge is 0.222 e. The zero-order valence-electron chi connectivity index (χ0n) is 18.6. The summed E-state index contributed by atoms with van der Waals surface area (Å²) in [6, 6.07) is 3.81. The number of ether oxygens (including phenoxy) is 2. The Balaban J connectivity index is 1.79. The lowest BCUT2D eigenvalue weighted by molar-refractivity contribution is -0.127. The van der Waals surface area contributed by atoms with Crippen LogP contribution in [0, 0.1) is 19.7 Å². The molecule has 8 nitrogen and oxygen atoms in total. The van der Waals surface area contributed by atoms with Crippen molar-refractivity contribution in [1.29, 1.82) is 0 Å². The Bertz CT molecular complexity index is 1220. The van der Waals surface area contributed by atoms with E-state index in [1.807, 2.05) is 18.4 Å². The molecule has 2 aromatic heterocycles. The van der Waals surface area contributed by atoms with Gasteiger partial charge in [-0.3, -0.25) is 14.4 Å². The third kappa shape index (κ3) is 4.56. The number of rotatable bonds is 7. The van der Waals surface area contributed by atoms with Gasteiger partial charge in [0.1, 0.15) is 23.2 Å². The number of halogens is 2. The first-order valence-corrected chi connectivity index (χ1v) is 11.4. The highest BCUT2D eigenvalue weighted by molar-refractivity contribution is 7.15. The highest BCUT2D eigenvalue weighted by Gasteiger charge is 2.32. The topological polar surface area (TPSA) is 90.6 Å². The van der Waals surface area contributed by atoms with Crippen molar-refractivity contribution in [2.24, 2.45) is 4.99 Å². The van der Waals surface area contributed by atoms with E-state index in [1.165, 1.54) is 20.3 Å². The summed E-state index contributed by atoms with van der Waals surface area (Å²) in [7, 11) is 2.99. The second-order valence-corrected chi connectivity index (χ2v) is 9.19. The average Bonchev–Trinajstić information content (AvgIpc) is 3.34. The molecule has 4 rings (SSSR count). The first-order valence-electron chi connectivity index (χ1n) is 10.2. The van der Waals surface area contributed by atoms with Crippen LogP contribution in [0.25, 0.3) is 5.00 Å². The van der Waals surface area contributed by atoms with Gasteiger partial charge in [0.25, 0.3) is 0 Å². The van der Waals surface area contributed by atoms with Crippen LogP contribution >= 0.6 is 22.9 Å². The number of methoxy groups -OCH3 is 2. The van der Waals surface area contributed by atoms with Gasteiger partial charge in [-0.2, -0.15) is 0 Å². The van der Waals surface area contributed by atoms with Gasteiger partial charge in [-0.05, 0) is 37.6 Å². The molecule has 0 bridgehead atoms. The predicted octanol–water partition coefficient (Wildman–Crippen LogP) is 3.76. The quantitative estimate of drug-likeness (QED) is 0.508. The van der Waals surface area contributed by atoms with Gasteiger partial charge in [0.15, 0.2) is 12.1 Å². The lowest BCUT2D eigenvalue weighted by atomic mass is 9.99. The van der Waals surface area contributed by atoms with Crippen molar-refractivity contribution in [2.45, 2.75) is 32.6 Å². The summed E-state index contributed by atoms with van der Waals surface area (Å²) in [5.74, 6) is -0.252. The normalized spacial score (nSPS) is 15.1. The number of nitrogens with zero attached hydrogens (tertiary/aromatic N) is 4. The lowest BCUT2D eigenvalue weighted by Crippen LogP contribution is -2.34. The maximum Gasteiger partial charge on any atom is 0.222 e. The van der Waals surface area contributed by atoms with Crippen LogP contribution in [0.5, 0.6) is 0 Å². The van der Waals surface area contributed by atoms with E-state index >= 15 is 4.39 Å². The Labute approximate surface area is 199 Å². The third-order valence-corrected chi connectivity index (χ3v) is 6.98. The molecule has 3 heterocycles. The minimum Gasteiger partial charge on any atom is -0.354 e. The Kier molecular flexibility index (Phi) is 6.89. The molecule has 0 radical (unpaired) electrons. The van der Waals surface area contributed by atoms with E-state index in [1.54, 1.807) is 29.8 Å². The van der Waals surface area contributed by atoms with E-state index in [4.69, 9.17) is 26.1 Å². The molecular formula is C22H23ClFN5O3S. The molecule has 174 valence electrons. The number of benzene rings is 1. The summed E-state index contributed by atoms with van der Waals surface area (Å²) in [5.41, 5.74) is 2.54. The van der Waals surface area contributed by atoms with Crippen molar-refractivity contribution in [3.05, 3.63) is 62.8 Å². The second-order valence-electron chi connectivity index (χ2n) is 7.55. The summed E-state index contributed by atoms with van der Waals surface area (Å²) < 4.78 is 27.1. The number of aromatic nitrogens is 3. The summed E-state index contributed by atoms with van der Waals surface area (Å²) in [4.78, 5) is 18.7. The molecule has 0 unspecified atom stereocenters. The van der Waals surface area contributed by atoms with Crippen molar-refractivity contribution in [2.75, 3.05) is 20.8 Å². The molecule has 1 aliphatic rings. The molecule has 1 amide bonds. The number of carbonyl (C=O) groups is 1. The van der Waals surface area contributed by atoms with Crippen molar-refractivity contribution in [1.82, 2.24) is 20.1 Å². The number of carbonyl (C=O) groups excluding carboxylic acids is 1. The molecule has 11 heteroatoms. The van der Waals surface area contributed by atoms with Gasteiger partial charge in [0.05, 0.1) is 18.7 Å². The van der Waals surface area contributed by atoms with Gasteiger partial charge >= 0.3 is 0 Å². The molecule has 0 saturated heterocycles. The molecule has 1 aliphatic heterocycles. The number of fused-ring (bicyclic) bond motifs is 3. The summed E-state index contributed by atoms with van der Waals surface area (Å²) in [5, 5.41) is 12.2. The minimum atomic E-state index is -0.680. The Morgan fingerprint density at radius 2 is 2.09 bits per heavy atom. The van der Waals surface area contributed by atoms with Gasteiger partial charge in [0.2, 0.25) is 5.91 Å². The van der Waals surface area contributed by atoms with Crippen molar-refractivity contribution >= 4 is 34.6 Å². The highest BCUT2D eigenvalue weighted by atomic mass is 35.5. The standard InChI is InChI=1S/C22H23ClFN5O3S/c1-11-12(2)33-22-19(11)20(14-6-5-13(23)7-15(14)24)27-16(21-28-26-10-29(21)22)8-17(30)25-9-18(31-3)32-4/h5-7,10,16,18H,8-9H2,1-4H3,(H,25,30)/t16-/m1/s1. The van der Waals surface area contributed by atoms with E-state index < -0.39 is 18.1 Å². The summed E-state index contributed by atoms with van der Waals surface area (Å²) in [6.45, 7) is 4.15. The van der Waals surface area contributed by atoms with Crippen LogP contribution in [-0.4, -0.2) is 53.4 Å². The van der Waals surface area contributed by atoms with E-state index in [9.17, 15) is 4.79 Å². The van der Waals surface area contributed by atoms with Gasteiger partial charge in [-0.25, -0.2) is 4.39 Å². The van der Waals surface area contributed by atoms with E-state index in [2.05, 4.69) is 15.5 Å². The lowest BCUT2D eigenvalue weighted by Gasteiger charge is -2.16. The molecule has 0 fully saturated rings. The van der Waals surface area contributed by atoms with E-state index in [-0.39, 0.29) is 18.9 Å². The van der Waals surface area contributed by atoms with E-state index in [0.717, 1.165) is 21.0 Å². The number of aryl methyl sites for hydroxylation is 1.